The highest BCUT2D eigenvalue weighted by atomic mass is 16.2. The second kappa shape index (κ2) is 4.75. The number of aryl methyl sites for hydroxylation is 2. The number of amides is 1. The van der Waals surface area contributed by atoms with E-state index in [0.29, 0.717) is 13.1 Å². The zero-order valence-electron chi connectivity index (χ0n) is 10.4. The van der Waals surface area contributed by atoms with Gasteiger partial charge in [-0.15, -0.1) is 0 Å². The molecule has 0 spiro atoms. The van der Waals surface area contributed by atoms with E-state index in [4.69, 9.17) is 5.73 Å². The fourth-order valence-corrected chi connectivity index (χ4v) is 2.08. The van der Waals surface area contributed by atoms with E-state index < -0.39 is 0 Å². The lowest BCUT2D eigenvalue weighted by Gasteiger charge is -2.34. The number of nitrogens with one attached hydrogen (secondary N) is 1. The summed E-state index contributed by atoms with van der Waals surface area (Å²) in [4.78, 5) is 13.6. The molecule has 1 aromatic carbocycles. The first-order valence-corrected chi connectivity index (χ1v) is 5.92. The van der Waals surface area contributed by atoms with Gasteiger partial charge in [0.05, 0.1) is 12.6 Å². The number of anilines is 1. The lowest BCUT2D eigenvalue weighted by Crippen LogP contribution is -2.56. The number of hydrogen-bond donors (Lipinski definition) is 2. The standard InChI is InChI=1S/C13H19N3O/c1-9-3-4-12(5-10(9)2)16-7-11(6-14)15-13(17)8-16/h3-5,11H,6-8,14H2,1-2H3,(H,15,17). The van der Waals surface area contributed by atoms with E-state index in [2.05, 4.69) is 42.3 Å². The van der Waals surface area contributed by atoms with E-state index in [0.717, 1.165) is 12.2 Å². The van der Waals surface area contributed by atoms with Crippen LogP contribution in [0.2, 0.25) is 0 Å². The third-order valence-corrected chi connectivity index (χ3v) is 3.28. The monoisotopic (exact) mass is 233 g/mol. The Labute approximate surface area is 102 Å². The van der Waals surface area contributed by atoms with Crippen LogP contribution in [0.5, 0.6) is 0 Å². The van der Waals surface area contributed by atoms with Crippen LogP contribution in [-0.4, -0.2) is 31.6 Å². The number of benzene rings is 1. The highest BCUT2D eigenvalue weighted by molar-refractivity contribution is 5.83. The Bertz CT molecular complexity index is 431. The van der Waals surface area contributed by atoms with Crippen LogP contribution < -0.4 is 16.0 Å². The maximum absolute atomic E-state index is 11.6. The molecule has 3 N–H and O–H groups in total. The number of piperazine rings is 1. The maximum Gasteiger partial charge on any atom is 0.239 e. The van der Waals surface area contributed by atoms with Crippen molar-refractivity contribution in [2.45, 2.75) is 19.9 Å². The Hall–Kier alpha value is -1.55. The van der Waals surface area contributed by atoms with Gasteiger partial charge >= 0.3 is 0 Å². The normalized spacial score (nSPS) is 20.3. The first-order valence-electron chi connectivity index (χ1n) is 5.92. The second-order valence-electron chi connectivity index (χ2n) is 4.65. The Balaban J connectivity index is 2.20. The zero-order chi connectivity index (χ0) is 12.4. The topological polar surface area (TPSA) is 58.4 Å². The second-order valence-corrected chi connectivity index (χ2v) is 4.65. The molecule has 2 rings (SSSR count). The molecule has 1 aliphatic heterocycles. The first-order chi connectivity index (χ1) is 8.10. The van der Waals surface area contributed by atoms with E-state index in [1.54, 1.807) is 0 Å². The summed E-state index contributed by atoms with van der Waals surface area (Å²) in [5.41, 5.74) is 9.23. The van der Waals surface area contributed by atoms with Gasteiger partial charge in [-0.1, -0.05) is 6.07 Å². The van der Waals surface area contributed by atoms with Gasteiger partial charge in [-0.2, -0.15) is 0 Å². The van der Waals surface area contributed by atoms with Gasteiger partial charge in [-0.3, -0.25) is 4.79 Å². The Kier molecular flexibility index (Phi) is 3.33. The molecule has 1 atom stereocenters. The summed E-state index contributed by atoms with van der Waals surface area (Å²) in [5.74, 6) is 0.0462. The molecule has 1 heterocycles. The highest BCUT2D eigenvalue weighted by Gasteiger charge is 2.23. The summed E-state index contributed by atoms with van der Waals surface area (Å²) in [6, 6.07) is 6.34. The minimum absolute atomic E-state index is 0.0462. The highest BCUT2D eigenvalue weighted by Crippen LogP contribution is 2.20. The minimum Gasteiger partial charge on any atom is -0.360 e. The summed E-state index contributed by atoms with van der Waals surface area (Å²) in [6.07, 6.45) is 0. The van der Waals surface area contributed by atoms with Gasteiger partial charge in [0.2, 0.25) is 5.91 Å². The number of nitrogens with two attached hydrogens (primary N) is 1. The largest absolute Gasteiger partial charge is 0.360 e. The molecule has 0 aliphatic carbocycles. The maximum atomic E-state index is 11.6. The Morgan fingerprint density at radius 3 is 2.82 bits per heavy atom. The summed E-state index contributed by atoms with van der Waals surface area (Å²) in [5, 5.41) is 2.89. The molecule has 0 saturated carbocycles. The van der Waals surface area contributed by atoms with Gasteiger partial charge in [-0.05, 0) is 37.1 Å². The SMILES string of the molecule is Cc1ccc(N2CC(=O)NC(CN)C2)cc1C. The van der Waals surface area contributed by atoms with Gasteiger partial charge in [-0.25, -0.2) is 0 Å². The molecule has 17 heavy (non-hydrogen) atoms. The Morgan fingerprint density at radius 2 is 2.18 bits per heavy atom. The van der Waals surface area contributed by atoms with Crippen molar-refractivity contribution < 1.29 is 4.79 Å². The van der Waals surface area contributed by atoms with Crippen LogP contribution in [-0.2, 0) is 4.79 Å². The summed E-state index contributed by atoms with van der Waals surface area (Å²) < 4.78 is 0. The van der Waals surface area contributed by atoms with Crippen LogP contribution in [0.1, 0.15) is 11.1 Å². The van der Waals surface area contributed by atoms with E-state index in [1.807, 2.05) is 0 Å². The zero-order valence-corrected chi connectivity index (χ0v) is 10.4. The Morgan fingerprint density at radius 1 is 1.41 bits per heavy atom. The van der Waals surface area contributed by atoms with Crippen molar-refractivity contribution in [1.29, 1.82) is 0 Å². The van der Waals surface area contributed by atoms with Crippen LogP contribution in [0.4, 0.5) is 5.69 Å². The van der Waals surface area contributed by atoms with Crippen LogP contribution in [0, 0.1) is 13.8 Å². The molecule has 4 heteroatoms. The predicted octanol–water partition coefficient (Wildman–Crippen LogP) is 0.567. The fraction of sp³-hybridized carbons (Fsp3) is 0.462. The summed E-state index contributed by atoms with van der Waals surface area (Å²) in [6.45, 7) is 5.85. The lowest BCUT2D eigenvalue weighted by atomic mass is 10.1. The van der Waals surface area contributed by atoms with Gasteiger partial charge in [0.1, 0.15) is 0 Å². The molecule has 1 aliphatic rings. The number of nitrogens with zero attached hydrogens (tertiary/aromatic N) is 1. The van der Waals surface area contributed by atoms with Crippen molar-refractivity contribution in [1.82, 2.24) is 5.32 Å². The smallest absolute Gasteiger partial charge is 0.239 e. The molecular formula is C13H19N3O. The lowest BCUT2D eigenvalue weighted by molar-refractivity contribution is -0.121. The van der Waals surface area contributed by atoms with E-state index in [9.17, 15) is 4.79 Å². The third-order valence-electron chi connectivity index (χ3n) is 3.28. The molecule has 92 valence electrons. The number of carbonyl (C=O) groups is 1. The number of hydrogen-bond acceptors (Lipinski definition) is 3. The van der Waals surface area contributed by atoms with Gasteiger partial charge in [0.25, 0.3) is 0 Å². The molecular weight excluding hydrogens is 214 g/mol. The predicted molar refractivity (Wildman–Crippen MR) is 69.1 cm³/mol. The van der Waals surface area contributed by atoms with Gasteiger partial charge in [0, 0.05) is 18.8 Å². The van der Waals surface area contributed by atoms with Crippen molar-refractivity contribution >= 4 is 11.6 Å². The molecule has 1 amide bonds. The molecule has 0 aromatic heterocycles. The van der Waals surface area contributed by atoms with Crippen LogP contribution in [0.15, 0.2) is 18.2 Å². The molecule has 0 radical (unpaired) electrons. The van der Waals surface area contributed by atoms with Crippen molar-refractivity contribution in [2.24, 2.45) is 5.73 Å². The summed E-state index contributed by atoms with van der Waals surface area (Å²) in [7, 11) is 0. The molecule has 1 unspecified atom stereocenters. The van der Waals surface area contributed by atoms with Crippen LogP contribution in [0.25, 0.3) is 0 Å². The van der Waals surface area contributed by atoms with Crippen molar-refractivity contribution in [2.75, 3.05) is 24.5 Å². The average Bonchev–Trinajstić information content (AvgIpc) is 2.32. The first kappa shape index (κ1) is 11.9. The van der Waals surface area contributed by atoms with Crippen LogP contribution >= 0.6 is 0 Å². The molecule has 1 saturated heterocycles. The van der Waals surface area contributed by atoms with E-state index in [-0.39, 0.29) is 11.9 Å². The minimum atomic E-state index is 0.0462. The van der Waals surface area contributed by atoms with Crippen molar-refractivity contribution in [3.8, 4) is 0 Å². The third kappa shape index (κ3) is 2.58. The van der Waals surface area contributed by atoms with Gasteiger partial charge < -0.3 is 16.0 Å². The molecule has 0 bridgehead atoms. The molecule has 4 nitrogen and oxygen atoms in total. The quantitative estimate of drug-likeness (QED) is 0.785. The van der Waals surface area contributed by atoms with Crippen molar-refractivity contribution in [3.05, 3.63) is 29.3 Å². The van der Waals surface area contributed by atoms with Crippen LogP contribution in [0.3, 0.4) is 0 Å². The number of carbonyl (C=O) groups excluding carboxylic acids is 1. The molecule has 1 aromatic rings. The fourth-order valence-electron chi connectivity index (χ4n) is 2.08. The number of rotatable bonds is 2. The average molecular weight is 233 g/mol. The van der Waals surface area contributed by atoms with E-state index in [1.165, 1.54) is 11.1 Å². The molecule has 1 fully saturated rings. The van der Waals surface area contributed by atoms with Gasteiger partial charge in [0.15, 0.2) is 0 Å². The van der Waals surface area contributed by atoms with Crippen molar-refractivity contribution in [3.63, 3.8) is 0 Å². The summed E-state index contributed by atoms with van der Waals surface area (Å²) >= 11 is 0. The van der Waals surface area contributed by atoms with E-state index >= 15 is 0 Å².